The van der Waals surface area contributed by atoms with Crippen LogP contribution in [0.15, 0.2) is 22.8 Å². The Morgan fingerprint density at radius 2 is 2.06 bits per heavy atom. The van der Waals surface area contributed by atoms with Gasteiger partial charge in [0.05, 0.1) is 12.7 Å². The second-order valence-electron chi connectivity index (χ2n) is 4.75. The van der Waals surface area contributed by atoms with Crippen molar-refractivity contribution >= 4 is 11.9 Å². The van der Waals surface area contributed by atoms with Gasteiger partial charge in [0.15, 0.2) is 5.76 Å². The first kappa shape index (κ1) is 13.3. The van der Waals surface area contributed by atoms with E-state index in [0.29, 0.717) is 0 Å². The van der Waals surface area contributed by atoms with Gasteiger partial charge in [-0.3, -0.25) is 9.59 Å². The van der Waals surface area contributed by atoms with Crippen LogP contribution in [-0.2, 0) is 4.79 Å². The first-order valence-corrected chi connectivity index (χ1v) is 5.39. The fourth-order valence-electron chi connectivity index (χ4n) is 1.48. The second kappa shape index (κ2) is 5.03. The first-order chi connectivity index (χ1) is 7.82. The number of amides is 1. The molecule has 0 atom stereocenters. The molecule has 5 heteroatoms. The Morgan fingerprint density at radius 3 is 2.47 bits per heavy atom. The van der Waals surface area contributed by atoms with E-state index in [-0.39, 0.29) is 24.6 Å². The first-order valence-electron chi connectivity index (χ1n) is 5.39. The van der Waals surface area contributed by atoms with Crippen molar-refractivity contribution in [1.82, 2.24) is 4.90 Å². The van der Waals surface area contributed by atoms with E-state index in [4.69, 9.17) is 9.52 Å². The van der Waals surface area contributed by atoms with Crippen LogP contribution in [0.4, 0.5) is 0 Å². The molecule has 0 bridgehead atoms. The Kier molecular flexibility index (Phi) is 3.93. The molecule has 0 unspecified atom stereocenters. The van der Waals surface area contributed by atoms with Gasteiger partial charge in [0, 0.05) is 12.1 Å². The highest BCUT2D eigenvalue weighted by molar-refractivity contribution is 5.92. The number of furan rings is 1. The monoisotopic (exact) mass is 239 g/mol. The van der Waals surface area contributed by atoms with Gasteiger partial charge in [-0.2, -0.15) is 0 Å². The fraction of sp³-hybridized carbons (Fsp3) is 0.500. The predicted molar refractivity (Wildman–Crippen MR) is 61.8 cm³/mol. The highest BCUT2D eigenvalue weighted by Crippen LogP contribution is 2.18. The maximum atomic E-state index is 12.1. The molecule has 17 heavy (non-hydrogen) atoms. The number of carboxylic acids is 1. The molecule has 0 saturated carbocycles. The van der Waals surface area contributed by atoms with Crippen molar-refractivity contribution in [1.29, 1.82) is 0 Å². The van der Waals surface area contributed by atoms with Gasteiger partial charge in [-0.05, 0) is 32.9 Å². The summed E-state index contributed by atoms with van der Waals surface area (Å²) in [5.41, 5.74) is -0.445. The van der Waals surface area contributed by atoms with Gasteiger partial charge in [-0.1, -0.05) is 0 Å². The number of aliphatic carboxylic acids is 1. The summed E-state index contributed by atoms with van der Waals surface area (Å²) in [6.07, 6.45) is 1.34. The van der Waals surface area contributed by atoms with Crippen LogP contribution in [0, 0.1) is 0 Å². The SMILES string of the molecule is CC(C)(C)N(CCC(=O)O)C(=O)c1ccco1. The lowest BCUT2D eigenvalue weighted by Gasteiger charge is -2.34. The van der Waals surface area contributed by atoms with Gasteiger partial charge >= 0.3 is 5.97 Å². The molecule has 0 saturated heterocycles. The molecule has 0 aliphatic rings. The van der Waals surface area contributed by atoms with Crippen LogP contribution in [0.2, 0.25) is 0 Å². The standard InChI is InChI=1S/C12H17NO4/c1-12(2,3)13(7-6-10(14)15)11(16)9-5-4-8-17-9/h4-5,8H,6-7H2,1-3H3,(H,14,15). The summed E-state index contributed by atoms with van der Waals surface area (Å²) in [4.78, 5) is 24.2. The number of carbonyl (C=O) groups excluding carboxylic acids is 1. The van der Waals surface area contributed by atoms with E-state index in [1.54, 1.807) is 12.1 Å². The van der Waals surface area contributed by atoms with Crippen LogP contribution in [0.3, 0.4) is 0 Å². The molecule has 0 radical (unpaired) electrons. The van der Waals surface area contributed by atoms with Crippen molar-refractivity contribution in [2.24, 2.45) is 0 Å². The van der Waals surface area contributed by atoms with Crippen molar-refractivity contribution in [3.8, 4) is 0 Å². The Morgan fingerprint density at radius 1 is 1.41 bits per heavy atom. The highest BCUT2D eigenvalue weighted by atomic mass is 16.4. The number of nitrogens with zero attached hydrogens (tertiary/aromatic N) is 1. The minimum Gasteiger partial charge on any atom is -0.481 e. The van der Waals surface area contributed by atoms with Gasteiger partial charge in [0.1, 0.15) is 0 Å². The molecule has 0 spiro atoms. The van der Waals surface area contributed by atoms with Crippen LogP contribution in [0.5, 0.6) is 0 Å². The van der Waals surface area contributed by atoms with Crippen molar-refractivity contribution < 1.29 is 19.1 Å². The van der Waals surface area contributed by atoms with Crippen LogP contribution >= 0.6 is 0 Å². The summed E-state index contributed by atoms with van der Waals surface area (Å²) in [5.74, 6) is -0.986. The Hall–Kier alpha value is -1.78. The van der Waals surface area contributed by atoms with E-state index in [9.17, 15) is 9.59 Å². The van der Waals surface area contributed by atoms with Crippen LogP contribution < -0.4 is 0 Å². The summed E-state index contributed by atoms with van der Waals surface area (Å²) < 4.78 is 5.04. The number of rotatable bonds is 4. The zero-order valence-electron chi connectivity index (χ0n) is 10.3. The smallest absolute Gasteiger partial charge is 0.305 e. The third kappa shape index (κ3) is 3.62. The van der Waals surface area contributed by atoms with Crippen molar-refractivity contribution in [3.05, 3.63) is 24.2 Å². The van der Waals surface area contributed by atoms with E-state index in [1.165, 1.54) is 11.2 Å². The molecule has 1 heterocycles. The molecule has 1 aromatic heterocycles. The van der Waals surface area contributed by atoms with Gasteiger partial charge in [0.25, 0.3) is 5.91 Å². The molecule has 1 rings (SSSR count). The van der Waals surface area contributed by atoms with Crippen LogP contribution in [-0.4, -0.2) is 34.0 Å². The highest BCUT2D eigenvalue weighted by Gasteiger charge is 2.28. The summed E-state index contributed by atoms with van der Waals surface area (Å²) in [6, 6.07) is 3.20. The minimum absolute atomic E-state index is 0.0796. The molecule has 0 fully saturated rings. The van der Waals surface area contributed by atoms with Gasteiger partial charge in [-0.15, -0.1) is 0 Å². The summed E-state index contributed by atoms with van der Waals surface area (Å²) >= 11 is 0. The Balaban J connectivity index is 2.84. The zero-order valence-corrected chi connectivity index (χ0v) is 10.3. The summed E-state index contributed by atoms with van der Waals surface area (Å²) in [5, 5.41) is 8.68. The molecule has 0 aromatic carbocycles. The largest absolute Gasteiger partial charge is 0.481 e. The van der Waals surface area contributed by atoms with E-state index >= 15 is 0 Å². The van der Waals surface area contributed by atoms with E-state index < -0.39 is 11.5 Å². The van der Waals surface area contributed by atoms with E-state index in [2.05, 4.69) is 0 Å². The Labute approximate surface area is 100 Å². The van der Waals surface area contributed by atoms with Gasteiger partial charge in [-0.25, -0.2) is 0 Å². The molecular formula is C12H17NO4. The number of carbonyl (C=O) groups is 2. The Bertz CT molecular complexity index is 389. The van der Waals surface area contributed by atoms with Crippen LogP contribution in [0.1, 0.15) is 37.7 Å². The van der Waals surface area contributed by atoms with Crippen molar-refractivity contribution in [2.75, 3.05) is 6.54 Å². The van der Waals surface area contributed by atoms with Crippen molar-refractivity contribution in [2.45, 2.75) is 32.7 Å². The fourth-order valence-corrected chi connectivity index (χ4v) is 1.48. The maximum Gasteiger partial charge on any atom is 0.305 e. The second-order valence-corrected chi connectivity index (χ2v) is 4.75. The molecule has 0 aliphatic heterocycles. The quantitative estimate of drug-likeness (QED) is 0.872. The molecule has 1 amide bonds. The average molecular weight is 239 g/mol. The predicted octanol–water partition coefficient (Wildman–Crippen LogP) is 2.00. The lowest BCUT2D eigenvalue weighted by molar-refractivity contribution is -0.137. The normalized spacial score (nSPS) is 11.2. The average Bonchev–Trinajstić information content (AvgIpc) is 2.67. The molecule has 0 aliphatic carbocycles. The lowest BCUT2D eigenvalue weighted by atomic mass is 10.0. The summed E-state index contributed by atoms with van der Waals surface area (Å²) in [7, 11) is 0. The topological polar surface area (TPSA) is 70.8 Å². The van der Waals surface area contributed by atoms with Crippen LogP contribution in [0.25, 0.3) is 0 Å². The van der Waals surface area contributed by atoms with Gasteiger partial charge < -0.3 is 14.4 Å². The molecule has 94 valence electrons. The third-order valence-electron chi connectivity index (χ3n) is 2.34. The van der Waals surface area contributed by atoms with Gasteiger partial charge in [0.2, 0.25) is 0 Å². The molecule has 1 N–H and O–H groups in total. The third-order valence-corrected chi connectivity index (χ3v) is 2.34. The minimum atomic E-state index is -0.925. The van der Waals surface area contributed by atoms with E-state index in [1.807, 2.05) is 20.8 Å². The lowest BCUT2D eigenvalue weighted by Crippen LogP contribution is -2.46. The number of carboxylic acid groups (broad SMARTS) is 1. The maximum absolute atomic E-state index is 12.1. The summed E-state index contributed by atoms with van der Waals surface area (Å²) in [6.45, 7) is 5.74. The zero-order chi connectivity index (χ0) is 13.1. The van der Waals surface area contributed by atoms with Crippen molar-refractivity contribution in [3.63, 3.8) is 0 Å². The van der Waals surface area contributed by atoms with E-state index in [0.717, 1.165) is 0 Å². The molecule has 1 aromatic rings. The number of hydrogen-bond acceptors (Lipinski definition) is 3. The molecule has 5 nitrogen and oxygen atoms in total. The number of hydrogen-bond donors (Lipinski definition) is 1. The molecular weight excluding hydrogens is 222 g/mol.